The Morgan fingerprint density at radius 2 is 0.966 bits per heavy atom. The maximum absolute atomic E-state index is 12.7. The van der Waals surface area contributed by atoms with Gasteiger partial charge in [-0.25, -0.2) is 4.57 Å². The number of phosphoric acid groups is 1. The summed E-state index contributed by atoms with van der Waals surface area (Å²) < 4.78 is 34.2. The predicted molar refractivity (Wildman–Crippen MR) is 247 cm³/mol. The summed E-state index contributed by atoms with van der Waals surface area (Å²) in [6.07, 6.45) is 52.1. The summed E-state index contributed by atoms with van der Waals surface area (Å²) >= 11 is 0. The van der Waals surface area contributed by atoms with E-state index in [1.807, 2.05) is 21.1 Å². The molecule has 9 nitrogen and oxygen atoms in total. The monoisotopic (exact) mass is 847 g/mol. The van der Waals surface area contributed by atoms with Crippen LogP contribution in [0.2, 0.25) is 0 Å². The fraction of sp³-hybridized carbons (Fsp3) is 0.673. The van der Waals surface area contributed by atoms with Crippen molar-refractivity contribution in [2.24, 2.45) is 0 Å². The number of nitrogens with zero attached hydrogens (tertiary/aromatic N) is 1. The van der Waals surface area contributed by atoms with Gasteiger partial charge < -0.3 is 18.9 Å². The molecule has 10 heteroatoms. The van der Waals surface area contributed by atoms with Crippen molar-refractivity contribution < 1.29 is 42.1 Å². The first-order chi connectivity index (χ1) is 28.5. The Morgan fingerprint density at radius 1 is 0.542 bits per heavy atom. The summed E-state index contributed by atoms with van der Waals surface area (Å²) in [6, 6.07) is 0. The van der Waals surface area contributed by atoms with Crippen molar-refractivity contribution in [2.45, 2.75) is 168 Å². The van der Waals surface area contributed by atoms with Gasteiger partial charge in [0, 0.05) is 12.8 Å². The van der Waals surface area contributed by atoms with Crippen molar-refractivity contribution in [3.8, 4) is 0 Å². The lowest BCUT2D eigenvalue weighted by Gasteiger charge is -2.24. The smallest absolute Gasteiger partial charge is 0.462 e. The lowest BCUT2D eigenvalue weighted by atomic mass is 10.1. The first-order valence-corrected chi connectivity index (χ1v) is 24.3. The largest absolute Gasteiger partial charge is 0.472 e. The summed E-state index contributed by atoms with van der Waals surface area (Å²) in [7, 11) is 1.44. The van der Waals surface area contributed by atoms with Crippen LogP contribution >= 0.6 is 7.82 Å². The van der Waals surface area contributed by atoms with E-state index in [0.717, 1.165) is 83.5 Å². The van der Waals surface area contributed by atoms with Gasteiger partial charge in [0.15, 0.2) is 6.10 Å². The first kappa shape index (κ1) is 56.2. The number of unbranched alkanes of at least 4 members (excludes halogenated alkanes) is 12. The molecule has 0 spiro atoms. The Morgan fingerprint density at radius 3 is 1.44 bits per heavy atom. The van der Waals surface area contributed by atoms with Gasteiger partial charge in [0.2, 0.25) is 0 Å². The molecule has 0 bridgehead atoms. The van der Waals surface area contributed by atoms with Crippen LogP contribution in [-0.2, 0) is 32.7 Å². The first-order valence-electron chi connectivity index (χ1n) is 22.8. The van der Waals surface area contributed by atoms with Crippen molar-refractivity contribution >= 4 is 19.8 Å². The van der Waals surface area contributed by atoms with E-state index < -0.39 is 26.5 Å². The van der Waals surface area contributed by atoms with Crippen LogP contribution in [0.4, 0.5) is 0 Å². The molecule has 0 rings (SSSR count). The quantitative estimate of drug-likeness (QED) is 0.0214. The number of esters is 2. The zero-order chi connectivity index (χ0) is 43.6. The Hall–Kier alpha value is -2.81. The molecule has 0 saturated carbocycles. The van der Waals surface area contributed by atoms with Crippen LogP contribution in [0.25, 0.3) is 0 Å². The third kappa shape index (κ3) is 44.6. The number of quaternary nitrogens is 1. The average Bonchev–Trinajstić information content (AvgIpc) is 3.19. The summed E-state index contributed by atoms with van der Waals surface area (Å²) in [5.41, 5.74) is 0. The molecule has 0 aromatic carbocycles. The maximum atomic E-state index is 12.7. The molecular weight excluding hydrogens is 762 g/mol. The fourth-order valence-corrected chi connectivity index (χ4v) is 6.38. The van der Waals surface area contributed by atoms with Gasteiger partial charge in [0.1, 0.15) is 19.8 Å². The molecule has 1 N–H and O–H groups in total. The third-order valence-electron chi connectivity index (χ3n) is 9.19. The van der Waals surface area contributed by atoms with Gasteiger partial charge >= 0.3 is 19.8 Å². The van der Waals surface area contributed by atoms with E-state index in [4.69, 9.17) is 18.5 Å². The Bertz CT molecular complexity index is 1280. The van der Waals surface area contributed by atoms with Crippen molar-refractivity contribution in [3.63, 3.8) is 0 Å². The Balaban J connectivity index is 4.37. The third-order valence-corrected chi connectivity index (χ3v) is 10.2. The number of phosphoric ester groups is 1. The minimum absolute atomic E-state index is 0.0211. The van der Waals surface area contributed by atoms with Gasteiger partial charge in [0.25, 0.3) is 0 Å². The molecule has 0 aromatic rings. The zero-order valence-electron chi connectivity index (χ0n) is 38.0. The van der Waals surface area contributed by atoms with Crippen molar-refractivity contribution in [3.05, 3.63) is 85.1 Å². The molecule has 0 heterocycles. The van der Waals surface area contributed by atoms with Crippen LogP contribution in [0.15, 0.2) is 85.1 Å². The van der Waals surface area contributed by atoms with Crippen molar-refractivity contribution in [1.82, 2.24) is 0 Å². The Kier molecular flexibility index (Phi) is 38.7. The molecule has 0 saturated heterocycles. The molecule has 0 aliphatic carbocycles. The molecular formula is C49H85NO8P+. The number of allylic oxidation sites excluding steroid dienone is 14. The van der Waals surface area contributed by atoms with Crippen LogP contribution in [0.1, 0.15) is 162 Å². The van der Waals surface area contributed by atoms with Gasteiger partial charge in [0.05, 0.1) is 27.7 Å². The van der Waals surface area contributed by atoms with E-state index in [-0.39, 0.29) is 32.0 Å². The van der Waals surface area contributed by atoms with Crippen molar-refractivity contribution in [2.75, 3.05) is 47.5 Å². The number of carbonyl (C=O) groups excluding carboxylic acids is 2. The van der Waals surface area contributed by atoms with Gasteiger partial charge in [-0.05, 0) is 70.6 Å². The zero-order valence-corrected chi connectivity index (χ0v) is 38.8. The minimum atomic E-state index is -4.39. The van der Waals surface area contributed by atoms with E-state index in [9.17, 15) is 19.0 Å². The fourth-order valence-electron chi connectivity index (χ4n) is 5.64. The number of hydrogen-bond donors (Lipinski definition) is 1. The maximum Gasteiger partial charge on any atom is 0.472 e. The SMILES string of the molecule is CC/C=C\C/C=C\C/C=C\C/C=C\C/C=C\C/C=C\C/C=C\CCCCCC(=O)OC(COC(=O)CCCCCCCCCCCC)COP(=O)(O)OCC[N+](C)(C)C. The average molecular weight is 847 g/mol. The minimum Gasteiger partial charge on any atom is -0.462 e. The van der Waals surface area contributed by atoms with Crippen molar-refractivity contribution in [1.29, 1.82) is 0 Å². The van der Waals surface area contributed by atoms with Crippen LogP contribution in [0.3, 0.4) is 0 Å². The van der Waals surface area contributed by atoms with E-state index in [0.29, 0.717) is 17.4 Å². The lowest BCUT2D eigenvalue weighted by molar-refractivity contribution is -0.870. The summed E-state index contributed by atoms with van der Waals surface area (Å²) in [6.45, 7) is 4.23. The van der Waals surface area contributed by atoms with Crippen LogP contribution in [0, 0.1) is 0 Å². The summed E-state index contributed by atoms with van der Waals surface area (Å²) in [4.78, 5) is 35.3. The number of likely N-dealkylation sites (N-methyl/N-ethyl adjacent to an activating group) is 1. The van der Waals surface area contributed by atoms with Gasteiger partial charge in [-0.2, -0.15) is 0 Å². The molecule has 0 aliphatic rings. The number of carbonyl (C=O) groups is 2. The second-order valence-corrected chi connectivity index (χ2v) is 17.5. The molecule has 2 atom stereocenters. The lowest BCUT2D eigenvalue weighted by Crippen LogP contribution is -2.37. The number of hydrogen-bond acceptors (Lipinski definition) is 7. The standard InChI is InChI=1S/C49H84NO8P/c1-6-8-10-12-14-16-18-19-20-21-22-23-24-25-26-27-28-29-30-31-32-34-36-38-40-42-49(52)58-47(46-57-59(53,54)56-44-43-50(3,4)5)45-55-48(51)41-39-37-35-33-17-15-13-11-9-7-2/h8,10,14,16,19-20,22-23,25-26,28-29,31-32,47H,6-7,9,11-13,15,17-18,21,24,27,30,33-46H2,1-5H3/p+1/b10-8-,16-14-,20-19-,23-22-,26-25-,29-28-,32-31-. The molecule has 0 radical (unpaired) electrons. The summed E-state index contributed by atoms with van der Waals surface area (Å²) in [5, 5.41) is 0. The van der Waals surface area contributed by atoms with Gasteiger partial charge in [-0.3, -0.25) is 18.6 Å². The van der Waals surface area contributed by atoms with Crippen LogP contribution in [-0.4, -0.2) is 74.9 Å². The van der Waals surface area contributed by atoms with Crippen LogP contribution in [0.5, 0.6) is 0 Å². The second kappa shape index (κ2) is 40.6. The number of ether oxygens (including phenoxy) is 2. The van der Waals surface area contributed by atoms with Gasteiger partial charge in [-0.1, -0.05) is 163 Å². The van der Waals surface area contributed by atoms with Gasteiger partial charge in [-0.15, -0.1) is 0 Å². The van der Waals surface area contributed by atoms with Crippen LogP contribution < -0.4 is 0 Å². The molecule has 338 valence electrons. The van der Waals surface area contributed by atoms with E-state index >= 15 is 0 Å². The molecule has 2 unspecified atom stereocenters. The highest BCUT2D eigenvalue weighted by Gasteiger charge is 2.27. The molecule has 59 heavy (non-hydrogen) atoms. The Labute approximate surface area is 361 Å². The highest BCUT2D eigenvalue weighted by molar-refractivity contribution is 7.47. The molecule has 0 amide bonds. The van der Waals surface area contributed by atoms with E-state index in [2.05, 4.69) is 98.9 Å². The predicted octanol–water partition coefficient (Wildman–Crippen LogP) is 13.2. The second-order valence-electron chi connectivity index (χ2n) is 16.1. The highest BCUT2D eigenvalue weighted by Crippen LogP contribution is 2.43. The highest BCUT2D eigenvalue weighted by atomic mass is 31.2. The normalized spacial score (nSPS) is 14.3. The topological polar surface area (TPSA) is 108 Å². The molecule has 0 fully saturated rings. The van der Waals surface area contributed by atoms with E-state index in [1.54, 1.807) is 0 Å². The number of rotatable bonds is 40. The molecule has 0 aliphatic heterocycles. The summed E-state index contributed by atoms with van der Waals surface area (Å²) in [5.74, 6) is -0.845. The molecule has 0 aromatic heterocycles. The van der Waals surface area contributed by atoms with E-state index in [1.165, 1.54) is 44.9 Å².